The van der Waals surface area contributed by atoms with Crippen LogP contribution in [-0.2, 0) is 10.8 Å². The molecule has 1 aromatic carbocycles. The van der Waals surface area contributed by atoms with E-state index in [1.54, 1.807) is 11.3 Å². The number of rotatable bonds is 2. The fraction of sp³-hybridized carbons (Fsp3) is 0.417. The zero-order chi connectivity index (χ0) is 12.5. The van der Waals surface area contributed by atoms with E-state index in [0.717, 1.165) is 40.3 Å². The lowest BCUT2D eigenvalue weighted by Crippen LogP contribution is -2.29. The molecule has 2 aromatic rings. The van der Waals surface area contributed by atoms with Gasteiger partial charge in [0.1, 0.15) is 5.52 Å². The second kappa shape index (κ2) is 5.15. The summed E-state index contributed by atoms with van der Waals surface area (Å²) < 4.78 is 12.5. The van der Waals surface area contributed by atoms with Crippen molar-refractivity contribution in [2.75, 3.05) is 16.8 Å². The summed E-state index contributed by atoms with van der Waals surface area (Å²) in [5.74, 6) is 1.56. The van der Waals surface area contributed by atoms with E-state index in [1.807, 2.05) is 17.6 Å². The number of fused-ring (bicyclic) bond motifs is 1. The smallest absolute Gasteiger partial charge is 0.106 e. The summed E-state index contributed by atoms with van der Waals surface area (Å²) in [6.45, 7) is 0. The largest absolute Gasteiger partial charge is 0.379 e. The highest BCUT2D eigenvalue weighted by atomic mass is 35.5. The minimum absolute atomic E-state index is 0.354. The van der Waals surface area contributed by atoms with Crippen LogP contribution in [-0.4, -0.2) is 26.7 Å². The summed E-state index contributed by atoms with van der Waals surface area (Å²) in [5.41, 5.74) is 3.70. The Balaban J connectivity index is 1.87. The summed E-state index contributed by atoms with van der Waals surface area (Å²) in [7, 11) is -0.630. The summed E-state index contributed by atoms with van der Waals surface area (Å²) in [6.07, 6.45) is 1.87. The molecule has 0 spiro atoms. The van der Waals surface area contributed by atoms with Crippen LogP contribution >= 0.6 is 22.9 Å². The first-order valence-electron chi connectivity index (χ1n) is 5.87. The molecule has 0 saturated carbocycles. The van der Waals surface area contributed by atoms with Gasteiger partial charge in [0.05, 0.1) is 20.9 Å². The highest BCUT2D eigenvalue weighted by Gasteiger charge is 2.19. The Bertz CT molecular complexity index is 589. The Morgan fingerprint density at radius 1 is 1.39 bits per heavy atom. The van der Waals surface area contributed by atoms with E-state index in [-0.39, 0.29) is 0 Å². The first-order chi connectivity index (χ1) is 8.74. The monoisotopic (exact) mass is 300 g/mol. The van der Waals surface area contributed by atoms with Crippen molar-refractivity contribution in [1.29, 1.82) is 0 Å². The number of halogens is 1. The summed E-state index contributed by atoms with van der Waals surface area (Å²) in [5, 5.41) is 4.18. The zero-order valence-electron chi connectivity index (χ0n) is 9.69. The lowest BCUT2D eigenvalue weighted by atomic mass is 10.1. The van der Waals surface area contributed by atoms with Crippen LogP contribution in [0.5, 0.6) is 0 Å². The maximum Gasteiger partial charge on any atom is 0.106 e. The maximum absolute atomic E-state index is 11.3. The Labute approximate surface area is 117 Å². The molecular weight excluding hydrogens is 288 g/mol. The molecule has 3 nitrogen and oxygen atoms in total. The van der Waals surface area contributed by atoms with Crippen LogP contribution in [0.2, 0.25) is 5.02 Å². The Morgan fingerprint density at radius 3 is 2.94 bits per heavy atom. The van der Waals surface area contributed by atoms with E-state index >= 15 is 0 Å². The van der Waals surface area contributed by atoms with Crippen LogP contribution in [0.1, 0.15) is 12.8 Å². The number of hydrogen-bond acceptors (Lipinski definition) is 4. The molecule has 0 amide bonds. The first kappa shape index (κ1) is 12.4. The molecule has 0 radical (unpaired) electrons. The predicted octanol–water partition coefficient (Wildman–Crippen LogP) is 3.27. The van der Waals surface area contributed by atoms with Gasteiger partial charge >= 0.3 is 0 Å². The van der Waals surface area contributed by atoms with Crippen molar-refractivity contribution < 1.29 is 4.21 Å². The van der Waals surface area contributed by atoms with Gasteiger partial charge in [-0.25, -0.2) is 4.98 Å². The average Bonchev–Trinajstić information content (AvgIpc) is 2.84. The molecule has 18 heavy (non-hydrogen) atoms. The zero-order valence-corrected chi connectivity index (χ0v) is 12.1. The van der Waals surface area contributed by atoms with Crippen LogP contribution < -0.4 is 5.32 Å². The van der Waals surface area contributed by atoms with Crippen molar-refractivity contribution in [2.24, 2.45) is 0 Å². The van der Waals surface area contributed by atoms with Gasteiger partial charge < -0.3 is 5.32 Å². The fourth-order valence-corrected chi connectivity index (χ4v) is 4.38. The van der Waals surface area contributed by atoms with Gasteiger partial charge in [-0.2, -0.15) is 0 Å². The molecule has 1 saturated heterocycles. The molecule has 1 aliphatic rings. The number of nitrogens with zero attached hydrogens (tertiary/aromatic N) is 1. The number of aromatic nitrogens is 1. The van der Waals surface area contributed by atoms with Gasteiger partial charge in [-0.3, -0.25) is 4.21 Å². The van der Waals surface area contributed by atoms with Crippen LogP contribution in [0, 0.1) is 0 Å². The van der Waals surface area contributed by atoms with Crippen molar-refractivity contribution in [3.8, 4) is 0 Å². The third kappa shape index (κ3) is 2.39. The minimum atomic E-state index is -0.630. The van der Waals surface area contributed by atoms with Crippen LogP contribution in [0.25, 0.3) is 10.2 Å². The normalized spacial score (nSPS) is 24.3. The first-order valence-corrected chi connectivity index (χ1v) is 8.62. The van der Waals surface area contributed by atoms with Gasteiger partial charge in [-0.05, 0) is 25.0 Å². The standard InChI is InChI=1S/C12H13ClN2OS2/c13-9-1-2-10-12(14-7-17-10)11(9)15-8-3-5-18(16)6-4-8/h1-2,7-8,15H,3-6H2. The highest BCUT2D eigenvalue weighted by Crippen LogP contribution is 2.33. The van der Waals surface area contributed by atoms with E-state index in [0.29, 0.717) is 11.1 Å². The van der Waals surface area contributed by atoms with Gasteiger partial charge in [0.2, 0.25) is 0 Å². The van der Waals surface area contributed by atoms with Gasteiger partial charge in [0.15, 0.2) is 0 Å². The number of thiazole rings is 1. The molecule has 2 heterocycles. The molecule has 96 valence electrons. The highest BCUT2D eigenvalue weighted by molar-refractivity contribution is 7.85. The SMILES string of the molecule is O=S1CCC(Nc2c(Cl)ccc3scnc23)CC1. The second-order valence-electron chi connectivity index (χ2n) is 4.39. The Morgan fingerprint density at radius 2 is 2.17 bits per heavy atom. The molecule has 1 aromatic heterocycles. The summed E-state index contributed by atoms with van der Waals surface area (Å²) in [4.78, 5) is 4.37. The molecule has 1 N–H and O–H groups in total. The summed E-state index contributed by atoms with van der Waals surface area (Å²) in [6, 6.07) is 4.26. The lowest BCUT2D eigenvalue weighted by Gasteiger charge is -2.24. The second-order valence-corrected chi connectivity index (χ2v) is 7.38. The van der Waals surface area contributed by atoms with Gasteiger partial charge in [0, 0.05) is 28.3 Å². The quantitative estimate of drug-likeness (QED) is 0.925. The molecule has 3 rings (SSSR count). The molecule has 6 heteroatoms. The molecular formula is C12H13ClN2OS2. The van der Waals surface area contributed by atoms with E-state index in [1.165, 1.54) is 0 Å². The van der Waals surface area contributed by atoms with E-state index in [4.69, 9.17) is 11.6 Å². The van der Waals surface area contributed by atoms with Gasteiger partial charge in [0.25, 0.3) is 0 Å². The molecule has 0 atom stereocenters. The minimum Gasteiger partial charge on any atom is -0.379 e. The predicted molar refractivity (Wildman–Crippen MR) is 79.2 cm³/mol. The number of anilines is 1. The van der Waals surface area contributed by atoms with E-state index < -0.39 is 10.8 Å². The topological polar surface area (TPSA) is 42.0 Å². The molecule has 0 unspecified atom stereocenters. The van der Waals surface area contributed by atoms with Crippen molar-refractivity contribution in [3.63, 3.8) is 0 Å². The Kier molecular flexibility index (Phi) is 3.54. The van der Waals surface area contributed by atoms with Crippen molar-refractivity contribution in [1.82, 2.24) is 4.98 Å². The van der Waals surface area contributed by atoms with Crippen molar-refractivity contribution in [3.05, 3.63) is 22.7 Å². The van der Waals surface area contributed by atoms with Crippen LogP contribution in [0.15, 0.2) is 17.6 Å². The van der Waals surface area contributed by atoms with Crippen LogP contribution in [0.4, 0.5) is 5.69 Å². The fourth-order valence-electron chi connectivity index (χ4n) is 2.19. The van der Waals surface area contributed by atoms with Gasteiger partial charge in [-0.15, -0.1) is 11.3 Å². The number of nitrogens with one attached hydrogen (secondary N) is 1. The third-order valence-electron chi connectivity index (χ3n) is 3.19. The average molecular weight is 301 g/mol. The van der Waals surface area contributed by atoms with Crippen molar-refractivity contribution in [2.45, 2.75) is 18.9 Å². The van der Waals surface area contributed by atoms with E-state index in [2.05, 4.69) is 10.3 Å². The third-order valence-corrected chi connectivity index (χ3v) is 5.68. The van der Waals surface area contributed by atoms with Crippen molar-refractivity contribution >= 4 is 49.6 Å². The Hall–Kier alpha value is -0.650. The summed E-state index contributed by atoms with van der Waals surface area (Å²) >= 11 is 7.86. The maximum atomic E-state index is 11.3. The van der Waals surface area contributed by atoms with E-state index in [9.17, 15) is 4.21 Å². The number of benzene rings is 1. The van der Waals surface area contributed by atoms with Crippen LogP contribution in [0.3, 0.4) is 0 Å². The molecule has 1 aliphatic heterocycles. The molecule has 0 bridgehead atoms. The lowest BCUT2D eigenvalue weighted by molar-refractivity contribution is 0.624. The molecule has 0 aliphatic carbocycles. The van der Waals surface area contributed by atoms with Gasteiger partial charge in [-0.1, -0.05) is 11.6 Å². The molecule has 1 fully saturated rings. The number of hydrogen-bond donors (Lipinski definition) is 1.